The molecule has 1 saturated carbocycles. The molecule has 2 aliphatic rings. The first-order valence-corrected chi connectivity index (χ1v) is 5.66. The Morgan fingerprint density at radius 3 is 2.27 bits per heavy atom. The fourth-order valence-electron chi connectivity index (χ4n) is 2.85. The van der Waals surface area contributed by atoms with Crippen LogP contribution in [0.5, 0.6) is 0 Å². The van der Waals surface area contributed by atoms with Gasteiger partial charge in [0.15, 0.2) is 0 Å². The topological polar surface area (TPSA) is 58.6 Å². The van der Waals surface area contributed by atoms with Gasteiger partial charge in [0.2, 0.25) is 0 Å². The molecule has 0 radical (unpaired) electrons. The third-order valence-corrected chi connectivity index (χ3v) is 4.00. The van der Waals surface area contributed by atoms with Gasteiger partial charge in [-0.25, -0.2) is 0 Å². The van der Waals surface area contributed by atoms with E-state index in [2.05, 4.69) is 5.32 Å². The SMILES string of the molecule is COC(=O)C1(C2(O)CCCCC2)CNC1. The molecule has 4 heteroatoms. The van der Waals surface area contributed by atoms with Crippen LogP contribution in [0.25, 0.3) is 0 Å². The van der Waals surface area contributed by atoms with E-state index >= 15 is 0 Å². The van der Waals surface area contributed by atoms with Gasteiger partial charge >= 0.3 is 5.97 Å². The van der Waals surface area contributed by atoms with Gasteiger partial charge in [0, 0.05) is 13.1 Å². The van der Waals surface area contributed by atoms with Crippen LogP contribution in [0.15, 0.2) is 0 Å². The second kappa shape index (κ2) is 3.76. The van der Waals surface area contributed by atoms with Crippen molar-refractivity contribution in [1.29, 1.82) is 0 Å². The molecule has 1 heterocycles. The maximum Gasteiger partial charge on any atom is 0.317 e. The molecule has 15 heavy (non-hydrogen) atoms. The minimum absolute atomic E-state index is 0.259. The Balaban J connectivity index is 2.20. The highest BCUT2D eigenvalue weighted by molar-refractivity contribution is 5.80. The lowest BCUT2D eigenvalue weighted by atomic mass is 9.61. The largest absolute Gasteiger partial charge is 0.468 e. The molecule has 0 aromatic heterocycles. The normalized spacial score (nSPS) is 27.9. The first-order chi connectivity index (χ1) is 7.15. The molecule has 0 atom stereocenters. The molecule has 1 saturated heterocycles. The minimum Gasteiger partial charge on any atom is -0.468 e. The number of methoxy groups -OCH3 is 1. The highest BCUT2D eigenvalue weighted by Crippen LogP contribution is 2.45. The average molecular weight is 213 g/mol. The van der Waals surface area contributed by atoms with Gasteiger partial charge in [0.25, 0.3) is 0 Å². The maximum absolute atomic E-state index is 11.8. The Morgan fingerprint density at radius 1 is 1.27 bits per heavy atom. The lowest BCUT2D eigenvalue weighted by Gasteiger charge is -2.52. The molecular weight excluding hydrogens is 194 g/mol. The van der Waals surface area contributed by atoms with E-state index in [4.69, 9.17) is 4.74 Å². The lowest BCUT2D eigenvalue weighted by Crippen LogP contribution is -2.70. The van der Waals surface area contributed by atoms with Gasteiger partial charge in [-0.3, -0.25) is 4.79 Å². The Labute approximate surface area is 90.0 Å². The van der Waals surface area contributed by atoms with Crippen LogP contribution in [0.3, 0.4) is 0 Å². The molecule has 0 aromatic rings. The van der Waals surface area contributed by atoms with Gasteiger partial charge in [-0.05, 0) is 12.8 Å². The van der Waals surface area contributed by atoms with Gasteiger partial charge in [0.05, 0.1) is 12.7 Å². The molecule has 0 spiro atoms. The Hall–Kier alpha value is -0.610. The molecule has 86 valence electrons. The van der Waals surface area contributed by atoms with Crippen LogP contribution < -0.4 is 5.32 Å². The van der Waals surface area contributed by atoms with Crippen molar-refractivity contribution in [2.75, 3.05) is 20.2 Å². The Morgan fingerprint density at radius 2 is 1.87 bits per heavy atom. The van der Waals surface area contributed by atoms with Gasteiger partial charge in [-0.15, -0.1) is 0 Å². The third kappa shape index (κ3) is 1.47. The summed E-state index contributed by atoms with van der Waals surface area (Å²) in [6.07, 6.45) is 4.63. The van der Waals surface area contributed by atoms with Gasteiger partial charge in [0.1, 0.15) is 5.41 Å². The fraction of sp³-hybridized carbons (Fsp3) is 0.909. The number of carbonyl (C=O) groups excluding carboxylic acids is 1. The summed E-state index contributed by atoms with van der Waals surface area (Å²) >= 11 is 0. The second-order valence-electron chi connectivity index (χ2n) is 4.77. The monoisotopic (exact) mass is 213 g/mol. The molecule has 0 amide bonds. The minimum atomic E-state index is -0.844. The van der Waals surface area contributed by atoms with Crippen LogP contribution in [-0.4, -0.2) is 36.9 Å². The van der Waals surface area contributed by atoms with E-state index in [-0.39, 0.29) is 5.97 Å². The number of ether oxygens (including phenoxy) is 1. The van der Waals surface area contributed by atoms with E-state index in [1.165, 1.54) is 7.11 Å². The van der Waals surface area contributed by atoms with E-state index in [1.807, 2.05) is 0 Å². The highest BCUT2D eigenvalue weighted by atomic mass is 16.5. The van der Waals surface area contributed by atoms with Crippen LogP contribution in [0, 0.1) is 5.41 Å². The molecule has 0 aromatic carbocycles. The number of hydrogen-bond acceptors (Lipinski definition) is 4. The summed E-state index contributed by atoms with van der Waals surface area (Å²) in [5.41, 5.74) is -1.52. The van der Waals surface area contributed by atoms with Gasteiger partial charge in [-0.1, -0.05) is 19.3 Å². The van der Waals surface area contributed by atoms with Crippen molar-refractivity contribution < 1.29 is 14.6 Å². The molecule has 2 rings (SSSR count). The summed E-state index contributed by atoms with van der Waals surface area (Å²) in [4.78, 5) is 11.8. The number of nitrogens with one attached hydrogen (secondary N) is 1. The van der Waals surface area contributed by atoms with Crippen LogP contribution in [0.2, 0.25) is 0 Å². The van der Waals surface area contributed by atoms with Crippen LogP contribution in [0.4, 0.5) is 0 Å². The zero-order valence-electron chi connectivity index (χ0n) is 9.21. The molecule has 1 aliphatic carbocycles. The smallest absolute Gasteiger partial charge is 0.317 e. The average Bonchev–Trinajstić information content (AvgIpc) is 2.16. The number of carbonyl (C=O) groups is 1. The zero-order valence-corrected chi connectivity index (χ0v) is 9.21. The predicted molar refractivity (Wildman–Crippen MR) is 55.4 cm³/mol. The summed E-state index contributed by atoms with van der Waals surface area (Å²) in [5.74, 6) is -0.259. The highest BCUT2D eigenvalue weighted by Gasteiger charge is 2.60. The third-order valence-electron chi connectivity index (χ3n) is 4.00. The molecular formula is C11H19NO3. The molecule has 2 N–H and O–H groups in total. The lowest BCUT2D eigenvalue weighted by molar-refractivity contribution is -0.187. The van der Waals surface area contributed by atoms with Crippen molar-refractivity contribution in [2.45, 2.75) is 37.7 Å². The first kappa shape index (κ1) is 10.9. The van der Waals surface area contributed by atoms with Gasteiger partial charge < -0.3 is 15.2 Å². The molecule has 0 bridgehead atoms. The molecule has 4 nitrogen and oxygen atoms in total. The molecule has 1 aliphatic heterocycles. The number of rotatable bonds is 2. The van der Waals surface area contributed by atoms with Crippen molar-refractivity contribution in [3.8, 4) is 0 Å². The number of esters is 1. The summed E-state index contributed by atoms with van der Waals surface area (Å²) in [5, 5.41) is 13.7. The Bertz CT molecular complexity index is 255. The van der Waals surface area contributed by atoms with Crippen molar-refractivity contribution in [2.24, 2.45) is 5.41 Å². The second-order valence-corrected chi connectivity index (χ2v) is 4.77. The van der Waals surface area contributed by atoms with E-state index in [0.717, 1.165) is 32.1 Å². The summed E-state index contributed by atoms with van der Waals surface area (Å²) in [6.45, 7) is 1.10. The van der Waals surface area contributed by atoms with E-state index in [0.29, 0.717) is 13.1 Å². The summed E-state index contributed by atoms with van der Waals surface area (Å²) in [6, 6.07) is 0. The zero-order chi connectivity index (χ0) is 10.9. The van der Waals surface area contributed by atoms with Crippen LogP contribution in [-0.2, 0) is 9.53 Å². The van der Waals surface area contributed by atoms with Crippen LogP contribution in [0.1, 0.15) is 32.1 Å². The molecule has 0 unspecified atom stereocenters. The van der Waals surface area contributed by atoms with Crippen molar-refractivity contribution >= 4 is 5.97 Å². The van der Waals surface area contributed by atoms with Gasteiger partial charge in [-0.2, -0.15) is 0 Å². The summed E-state index contributed by atoms with van der Waals surface area (Å²) in [7, 11) is 1.40. The van der Waals surface area contributed by atoms with Crippen LogP contribution >= 0.6 is 0 Å². The predicted octanol–water partition coefficient (Wildman–Crippen LogP) is 0.444. The first-order valence-electron chi connectivity index (χ1n) is 5.66. The standard InChI is InChI=1S/C11H19NO3/c1-15-9(13)10(7-12-8-10)11(14)5-3-2-4-6-11/h12,14H,2-8H2,1H3. The van der Waals surface area contributed by atoms with E-state index < -0.39 is 11.0 Å². The Kier molecular flexibility index (Phi) is 2.73. The fourth-order valence-corrected chi connectivity index (χ4v) is 2.85. The molecule has 2 fully saturated rings. The van der Waals surface area contributed by atoms with Crippen molar-refractivity contribution in [3.05, 3.63) is 0 Å². The van der Waals surface area contributed by atoms with E-state index in [1.54, 1.807) is 0 Å². The number of aliphatic hydroxyl groups is 1. The number of hydrogen-bond donors (Lipinski definition) is 2. The quantitative estimate of drug-likeness (QED) is 0.654. The van der Waals surface area contributed by atoms with Crippen molar-refractivity contribution in [3.63, 3.8) is 0 Å². The van der Waals surface area contributed by atoms with E-state index in [9.17, 15) is 9.90 Å². The van der Waals surface area contributed by atoms with Crippen molar-refractivity contribution in [1.82, 2.24) is 5.32 Å². The summed E-state index contributed by atoms with van der Waals surface area (Å²) < 4.78 is 4.84. The maximum atomic E-state index is 11.8.